The maximum Gasteiger partial charge on any atom is 0.232 e. The maximum absolute atomic E-state index is 13.7. The Labute approximate surface area is 200 Å². The van der Waals surface area contributed by atoms with Gasteiger partial charge in [-0.05, 0) is 40.8 Å². The third-order valence-corrected chi connectivity index (χ3v) is 6.95. The van der Waals surface area contributed by atoms with E-state index in [1.54, 1.807) is 19.1 Å². The molecule has 3 aromatic carbocycles. The Morgan fingerprint density at radius 3 is 2.38 bits per heavy atom. The smallest absolute Gasteiger partial charge is 0.232 e. The molecule has 5 heteroatoms. The van der Waals surface area contributed by atoms with Crippen molar-refractivity contribution in [3.05, 3.63) is 77.5 Å². The third kappa shape index (κ3) is 3.75. The minimum atomic E-state index is -0.344. The van der Waals surface area contributed by atoms with Gasteiger partial charge < -0.3 is 9.47 Å². The van der Waals surface area contributed by atoms with Crippen LogP contribution in [0.15, 0.2) is 71.9 Å². The Morgan fingerprint density at radius 1 is 0.882 bits per heavy atom. The summed E-state index contributed by atoms with van der Waals surface area (Å²) in [6.45, 7) is 4.19. The standard InChI is InChI=1S/C29H29NO4/c1-29(2)16-24-28(25(31)17-29)23(22-12-11-21(33-3)14-26(22)34-4)15-27(32)30(24)20-10-9-18-7-5-6-8-19(18)13-20/h5-14,23H,15-17H2,1-4H3. The van der Waals surface area contributed by atoms with Crippen LogP contribution in [0.3, 0.4) is 0 Å². The molecular formula is C29H29NO4. The number of hydrogen-bond donors (Lipinski definition) is 0. The molecule has 1 aliphatic heterocycles. The predicted octanol–water partition coefficient (Wildman–Crippen LogP) is 6.02. The van der Waals surface area contributed by atoms with Crippen LogP contribution in [0.1, 0.15) is 44.6 Å². The van der Waals surface area contributed by atoms with E-state index in [4.69, 9.17) is 9.47 Å². The number of nitrogens with zero attached hydrogens (tertiary/aromatic N) is 1. The molecule has 1 heterocycles. The lowest BCUT2D eigenvalue weighted by molar-refractivity contribution is -0.121. The monoisotopic (exact) mass is 455 g/mol. The molecule has 1 amide bonds. The molecule has 1 aliphatic carbocycles. The molecule has 5 rings (SSSR count). The number of methoxy groups -OCH3 is 2. The molecule has 5 nitrogen and oxygen atoms in total. The summed E-state index contributed by atoms with van der Waals surface area (Å²) in [5.74, 6) is 1.05. The fourth-order valence-electron chi connectivity index (χ4n) is 5.40. The zero-order chi connectivity index (χ0) is 24.0. The summed E-state index contributed by atoms with van der Waals surface area (Å²) in [5.41, 5.74) is 2.97. The first-order valence-corrected chi connectivity index (χ1v) is 11.6. The van der Waals surface area contributed by atoms with Gasteiger partial charge in [0, 0.05) is 47.3 Å². The molecule has 34 heavy (non-hydrogen) atoms. The second-order valence-electron chi connectivity index (χ2n) is 9.93. The summed E-state index contributed by atoms with van der Waals surface area (Å²) in [6.07, 6.45) is 1.32. The Morgan fingerprint density at radius 2 is 1.65 bits per heavy atom. The van der Waals surface area contributed by atoms with E-state index in [-0.39, 0.29) is 29.4 Å². The predicted molar refractivity (Wildman–Crippen MR) is 133 cm³/mol. The topological polar surface area (TPSA) is 55.8 Å². The van der Waals surface area contributed by atoms with Crippen molar-refractivity contribution in [2.45, 2.75) is 39.0 Å². The lowest BCUT2D eigenvalue weighted by atomic mass is 9.69. The van der Waals surface area contributed by atoms with Gasteiger partial charge in [-0.2, -0.15) is 0 Å². The molecule has 0 aromatic heterocycles. The number of hydrogen-bond acceptors (Lipinski definition) is 4. The van der Waals surface area contributed by atoms with Gasteiger partial charge in [0.15, 0.2) is 5.78 Å². The third-order valence-electron chi connectivity index (χ3n) is 6.95. The van der Waals surface area contributed by atoms with E-state index in [1.165, 1.54) is 0 Å². The van der Waals surface area contributed by atoms with E-state index < -0.39 is 0 Å². The number of benzene rings is 3. The van der Waals surface area contributed by atoms with Crippen LogP contribution in [-0.2, 0) is 9.59 Å². The number of amides is 1. The van der Waals surface area contributed by atoms with Crippen LogP contribution in [-0.4, -0.2) is 25.9 Å². The van der Waals surface area contributed by atoms with Gasteiger partial charge in [0.2, 0.25) is 5.91 Å². The van der Waals surface area contributed by atoms with Gasteiger partial charge in [-0.1, -0.05) is 50.2 Å². The number of ketones is 1. The van der Waals surface area contributed by atoms with E-state index in [9.17, 15) is 9.59 Å². The van der Waals surface area contributed by atoms with Crippen molar-refractivity contribution in [2.75, 3.05) is 19.1 Å². The lowest BCUT2D eigenvalue weighted by Crippen LogP contribution is -2.43. The van der Waals surface area contributed by atoms with Gasteiger partial charge in [0.05, 0.1) is 14.2 Å². The van der Waals surface area contributed by atoms with Crippen molar-refractivity contribution < 1.29 is 19.1 Å². The van der Waals surface area contributed by atoms with E-state index in [0.29, 0.717) is 24.3 Å². The average Bonchev–Trinajstić information content (AvgIpc) is 2.82. The lowest BCUT2D eigenvalue weighted by Gasteiger charge is -2.43. The van der Waals surface area contributed by atoms with E-state index >= 15 is 0 Å². The highest BCUT2D eigenvalue weighted by Gasteiger charge is 2.45. The van der Waals surface area contributed by atoms with Crippen molar-refractivity contribution in [1.29, 1.82) is 0 Å². The molecule has 3 aromatic rings. The number of rotatable bonds is 4. The highest BCUT2D eigenvalue weighted by molar-refractivity contribution is 6.08. The molecule has 2 aliphatic rings. The number of carbonyl (C=O) groups excluding carboxylic acids is 2. The molecule has 0 spiro atoms. The van der Waals surface area contributed by atoms with Gasteiger partial charge in [0.1, 0.15) is 11.5 Å². The van der Waals surface area contributed by atoms with Crippen LogP contribution in [0.25, 0.3) is 10.8 Å². The molecular weight excluding hydrogens is 426 g/mol. The molecule has 174 valence electrons. The number of anilines is 1. The van der Waals surface area contributed by atoms with E-state index in [1.807, 2.05) is 54.6 Å². The highest BCUT2D eigenvalue weighted by Crippen LogP contribution is 2.50. The van der Waals surface area contributed by atoms with E-state index in [0.717, 1.165) is 33.3 Å². The van der Waals surface area contributed by atoms with Crippen LogP contribution >= 0.6 is 0 Å². The van der Waals surface area contributed by atoms with Crippen molar-refractivity contribution in [2.24, 2.45) is 5.41 Å². The fourth-order valence-corrected chi connectivity index (χ4v) is 5.40. The van der Waals surface area contributed by atoms with Gasteiger partial charge in [0.25, 0.3) is 0 Å². The number of carbonyl (C=O) groups is 2. The minimum absolute atomic E-state index is 0.0117. The van der Waals surface area contributed by atoms with Crippen molar-refractivity contribution in [3.63, 3.8) is 0 Å². The van der Waals surface area contributed by atoms with Crippen molar-refractivity contribution in [3.8, 4) is 11.5 Å². The van der Waals surface area contributed by atoms with Crippen LogP contribution < -0.4 is 14.4 Å². The summed E-state index contributed by atoms with van der Waals surface area (Å²) in [5, 5.41) is 2.18. The Balaban J connectivity index is 1.69. The van der Waals surface area contributed by atoms with Crippen LogP contribution in [0, 0.1) is 5.41 Å². The molecule has 0 saturated heterocycles. The van der Waals surface area contributed by atoms with Crippen molar-refractivity contribution >= 4 is 28.2 Å². The number of Topliss-reactive ketones (excluding diaryl/α,β-unsaturated/α-hetero) is 1. The summed E-state index contributed by atoms with van der Waals surface area (Å²) >= 11 is 0. The van der Waals surface area contributed by atoms with Gasteiger partial charge in [-0.25, -0.2) is 0 Å². The molecule has 1 atom stereocenters. The molecule has 0 radical (unpaired) electrons. The fraction of sp³-hybridized carbons (Fsp3) is 0.310. The summed E-state index contributed by atoms with van der Waals surface area (Å²) in [4.78, 5) is 29.1. The quantitative estimate of drug-likeness (QED) is 0.483. The molecule has 0 N–H and O–H groups in total. The number of ether oxygens (including phenoxy) is 2. The maximum atomic E-state index is 13.7. The van der Waals surface area contributed by atoms with Crippen LogP contribution in [0.4, 0.5) is 5.69 Å². The Hall–Kier alpha value is -3.60. The molecule has 0 saturated carbocycles. The van der Waals surface area contributed by atoms with Gasteiger partial charge >= 0.3 is 0 Å². The van der Waals surface area contributed by atoms with Gasteiger partial charge in [-0.15, -0.1) is 0 Å². The van der Waals surface area contributed by atoms with Crippen LogP contribution in [0.2, 0.25) is 0 Å². The highest BCUT2D eigenvalue weighted by atomic mass is 16.5. The molecule has 0 fully saturated rings. The second-order valence-corrected chi connectivity index (χ2v) is 9.93. The first kappa shape index (κ1) is 22.2. The average molecular weight is 456 g/mol. The Bertz CT molecular complexity index is 1340. The number of fused-ring (bicyclic) bond motifs is 1. The first-order valence-electron chi connectivity index (χ1n) is 11.6. The number of allylic oxidation sites excluding steroid dienone is 2. The summed E-state index contributed by atoms with van der Waals surface area (Å²) in [6, 6.07) is 19.7. The zero-order valence-electron chi connectivity index (χ0n) is 20.1. The summed E-state index contributed by atoms with van der Waals surface area (Å²) < 4.78 is 11.0. The zero-order valence-corrected chi connectivity index (χ0v) is 20.1. The second kappa shape index (κ2) is 8.32. The van der Waals surface area contributed by atoms with E-state index in [2.05, 4.69) is 19.9 Å². The minimum Gasteiger partial charge on any atom is -0.497 e. The molecule has 1 unspecified atom stereocenters. The normalized spacial score (nSPS) is 19.9. The Kier molecular flexibility index (Phi) is 5.43. The molecule has 0 bridgehead atoms. The summed E-state index contributed by atoms with van der Waals surface area (Å²) in [7, 11) is 3.21. The SMILES string of the molecule is COc1ccc(C2CC(=O)N(c3ccc4ccccc4c3)C3=C2C(=O)CC(C)(C)C3)c(OC)c1. The van der Waals surface area contributed by atoms with Crippen LogP contribution in [0.5, 0.6) is 11.5 Å². The first-order chi connectivity index (χ1) is 16.3. The van der Waals surface area contributed by atoms with Crippen molar-refractivity contribution in [1.82, 2.24) is 0 Å². The largest absolute Gasteiger partial charge is 0.497 e. The van der Waals surface area contributed by atoms with Gasteiger partial charge in [-0.3, -0.25) is 14.5 Å².